The molecule has 1 aliphatic carbocycles. The largest absolute Gasteiger partial charge is 0.357 e. The molecule has 0 amide bonds. The Morgan fingerprint density at radius 1 is 1.37 bits per heavy atom. The van der Waals surface area contributed by atoms with Gasteiger partial charge in [0.25, 0.3) is 0 Å². The van der Waals surface area contributed by atoms with Crippen LogP contribution in [0.3, 0.4) is 0 Å². The fourth-order valence-corrected chi connectivity index (χ4v) is 2.64. The standard InChI is InChI=1S/C14H26N4.HI/c1-3-15-14(17-13-6-4-5-7-13)16-10-12-8-9-18(2)11-12;/h4-5,12-13H,3,6-11H2,1-2H3,(H2,15,16,17);1H. The van der Waals surface area contributed by atoms with Gasteiger partial charge in [-0.2, -0.15) is 0 Å². The maximum Gasteiger partial charge on any atom is 0.191 e. The van der Waals surface area contributed by atoms with E-state index in [9.17, 15) is 0 Å². The molecule has 2 aliphatic rings. The molecule has 2 N–H and O–H groups in total. The summed E-state index contributed by atoms with van der Waals surface area (Å²) in [5.41, 5.74) is 0. The van der Waals surface area contributed by atoms with E-state index < -0.39 is 0 Å². The van der Waals surface area contributed by atoms with Gasteiger partial charge in [-0.3, -0.25) is 4.99 Å². The third kappa shape index (κ3) is 5.69. The van der Waals surface area contributed by atoms with E-state index in [1.807, 2.05) is 0 Å². The van der Waals surface area contributed by atoms with E-state index in [4.69, 9.17) is 4.99 Å². The molecule has 5 heteroatoms. The predicted octanol–water partition coefficient (Wildman–Crippen LogP) is 1.83. The number of halogens is 1. The molecule has 1 unspecified atom stereocenters. The Labute approximate surface area is 134 Å². The van der Waals surface area contributed by atoms with E-state index in [1.54, 1.807) is 0 Å². The summed E-state index contributed by atoms with van der Waals surface area (Å²) in [5.74, 6) is 1.72. The second-order valence-corrected chi connectivity index (χ2v) is 5.42. The van der Waals surface area contributed by atoms with Crippen molar-refractivity contribution in [2.75, 3.05) is 33.2 Å². The van der Waals surface area contributed by atoms with Crippen LogP contribution in [0.25, 0.3) is 0 Å². The number of nitrogens with zero attached hydrogens (tertiary/aromatic N) is 2. The second kappa shape index (κ2) is 8.79. The predicted molar refractivity (Wildman–Crippen MR) is 92.3 cm³/mol. The van der Waals surface area contributed by atoms with Crippen molar-refractivity contribution in [3.63, 3.8) is 0 Å². The number of rotatable bonds is 4. The molecule has 1 aliphatic heterocycles. The highest BCUT2D eigenvalue weighted by atomic mass is 127. The highest BCUT2D eigenvalue weighted by Crippen LogP contribution is 2.14. The Kier molecular flexibility index (Phi) is 7.75. The van der Waals surface area contributed by atoms with Crippen molar-refractivity contribution in [2.24, 2.45) is 10.9 Å². The van der Waals surface area contributed by atoms with Crippen molar-refractivity contribution >= 4 is 29.9 Å². The first-order chi connectivity index (χ1) is 8.78. The van der Waals surface area contributed by atoms with Crippen LogP contribution < -0.4 is 10.6 Å². The maximum atomic E-state index is 4.73. The zero-order chi connectivity index (χ0) is 12.8. The van der Waals surface area contributed by atoms with Crippen molar-refractivity contribution < 1.29 is 0 Å². The molecule has 0 spiro atoms. The van der Waals surface area contributed by atoms with Gasteiger partial charge in [0.2, 0.25) is 0 Å². The lowest BCUT2D eigenvalue weighted by molar-refractivity contribution is 0.397. The summed E-state index contributed by atoms with van der Waals surface area (Å²) in [4.78, 5) is 7.12. The van der Waals surface area contributed by atoms with E-state index in [0.717, 1.165) is 37.8 Å². The minimum atomic E-state index is 0. The highest BCUT2D eigenvalue weighted by Gasteiger charge is 2.19. The number of nitrogens with one attached hydrogen (secondary N) is 2. The van der Waals surface area contributed by atoms with Crippen LogP contribution in [0.5, 0.6) is 0 Å². The Morgan fingerprint density at radius 3 is 2.68 bits per heavy atom. The molecule has 0 aromatic carbocycles. The van der Waals surface area contributed by atoms with Crippen LogP contribution in [0.4, 0.5) is 0 Å². The van der Waals surface area contributed by atoms with Gasteiger partial charge in [0, 0.05) is 25.7 Å². The quantitative estimate of drug-likeness (QED) is 0.339. The Balaban J connectivity index is 0.00000180. The first kappa shape index (κ1) is 16.8. The Morgan fingerprint density at radius 2 is 2.11 bits per heavy atom. The van der Waals surface area contributed by atoms with Crippen LogP contribution in [-0.4, -0.2) is 50.1 Å². The molecule has 0 aromatic rings. The molecule has 0 saturated carbocycles. The smallest absolute Gasteiger partial charge is 0.191 e. The third-order valence-electron chi connectivity index (χ3n) is 3.69. The Hall–Kier alpha value is -0.300. The normalized spacial score (nSPS) is 24.5. The molecule has 1 saturated heterocycles. The molecule has 0 radical (unpaired) electrons. The number of hydrogen-bond donors (Lipinski definition) is 2. The van der Waals surface area contributed by atoms with Crippen LogP contribution in [0, 0.1) is 5.92 Å². The molecule has 0 aromatic heterocycles. The van der Waals surface area contributed by atoms with E-state index in [0.29, 0.717) is 6.04 Å². The average Bonchev–Trinajstić information content (AvgIpc) is 2.98. The molecule has 1 heterocycles. The number of aliphatic imine (C=N–C) groups is 1. The van der Waals surface area contributed by atoms with Crippen LogP contribution in [0.2, 0.25) is 0 Å². The molecule has 19 heavy (non-hydrogen) atoms. The van der Waals surface area contributed by atoms with Gasteiger partial charge in [-0.25, -0.2) is 0 Å². The van der Waals surface area contributed by atoms with Crippen LogP contribution >= 0.6 is 24.0 Å². The molecule has 4 nitrogen and oxygen atoms in total. The summed E-state index contributed by atoms with van der Waals surface area (Å²) in [6.07, 6.45) is 8.01. The summed E-state index contributed by atoms with van der Waals surface area (Å²) < 4.78 is 0. The lowest BCUT2D eigenvalue weighted by Crippen LogP contribution is -2.42. The second-order valence-electron chi connectivity index (χ2n) is 5.42. The fraction of sp³-hybridized carbons (Fsp3) is 0.786. The van der Waals surface area contributed by atoms with Gasteiger partial charge in [0.05, 0.1) is 0 Å². The van der Waals surface area contributed by atoms with Gasteiger partial charge in [0.15, 0.2) is 5.96 Å². The molecule has 110 valence electrons. The summed E-state index contributed by atoms with van der Waals surface area (Å²) in [6.45, 7) is 6.40. The highest BCUT2D eigenvalue weighted by molar-refractivity contribution is 14.0. The molecule has 2 rings (SSSR count). The van der Waals surface area contributed by atoms with Crippen LogP contribution in [0.15, 0.2) is 17.1 Å². The molecule has 1 atom stereocenters. The van der Waals surface area contributed by atoms with Gasteiger partial charge < -0.3 is 15.5 Å². The molecular formula is C14H27IN4. The summed E-state index contributed by atoms with van der Waals surface area (Å²) >= 11 is 0. The maximum absolute atomic E-state index is 4.73. The van der Waals surface area contributed by atoms with Crippen molar-refractivity contribution in [3.05, 3.63) is 12.2 Å². The molecule has 1 fully saturated rings. The zero-order valence-corrected chi connectivity index (χ0v) is 14.4. The van der Waals surface area contributed by atoms with Gasteiger partial charge in [0.1, 0.15) is 0 Å². The summed E-state index contributed by atoms with van der Waals surface area (Å²) in [6, 6.07) is 0.536. The number of guanidine groups is 1. The molecule has 0 bridgehead atoms. The van der Waals surface area contributed by atoms with Crippen molar-refractivity contribution in [1.29, 1.82) is 0 Å². The first-order valence-electron chi connectivity index (χ1n) is 7.16. The summed E-state index contributed by atoms with van der Waals surface area (Å²) in [5, 5.41) is 6.86. The number of likely N-dealkylation sites (tertiary alicyclic amines) is 1. The van der Waals surface area contributed by atoms with E-state index in [2.05, 4.69) is 41.7 Å². The minimum Gasteiger partial charge on any atom is -0.357 e. The lowest BCUT2D eigenvalue weighted by atomic mass is 10.1. The minimum absolute atomic E-state index is 0. The lowest BCUT2D eigenvalue weighted by Gasteiger charge is -2.17. The van der Waals surface area contributed by atoms with Crippen molar-refractivity contribution in [2.45, 2.75) is 32.2 Å². The first-order valence-corrected chi connectivity index (χ1v) is 7.16. The summed E-state index contributed by atoms with van der Waals surface area (Å²) in [7, 11) is 2.19. The van der Waals surface area contributed by atoms with E-state index in [1.165, 1.54) is 19.5 Å². The monoisotopic (exact) mass is 378 g/mol. The van der Waals surface area contributed by atoms with Crippen LogP contribution in [-0.2, 0) is 0 Å². The average molecular weight is 378 g/mol. The van der Waals surface area contributed by atoms with Crippen LogP contribution in [0.1, 0.15) is 26.2 Å². The fourth-order valence-electron chi connectivity index (χ4n) is 2.64. The zero-order valence-electron chi connectivity index (χ0n) is 12.1. The topological polar surface area (TPSA) is 39.7 Å². The Bertz CT molecular complexity index is 309. The van der Waals surface area contributed by atoms with Crippen molar-refractivity contribution in [1.82, 2.24) is 15.5 Å². The van der Waals surface area contributed by atoms with Gasteiger partial charge in [-0.15, -0.1) is 24.0 Å². The van der Waals surface area contributed by atoms with Gasteiger partial charge >= 0.3 is 0 Å². The number of hydrogen-bond acceptors (Lipinski definition) is 2. The van der Waals surface area contributed by atoms with Gasteiger partial charge in [-0.05, 0) is 45.7 Å². The van der Waals surface area contributed by atoms with Gasteiger partial charge in [-0.1, -0.05) is 12.2 Å². The van der Waals surface area contributed by atoms with E-state index >= 15 is 0 Å². The van der Waals surface area contributed by atoms with E-state index in [-0.39, 0.29) is 24.0 Å². The third-order valence-corrected chi connectivity index (χ3v) is 3.69. The molecular weight excluding hydrogens is 351 g/mol. The SMILES string of the molecule is CCNC(=NCC1CCN(C)C1)NC1CC=CC1.I. The van der Waals surface area contributed by atoms with Crippen molar-refractivity contribution in [3.8, 4) is 0 Å².